The average Bonchev–Trinajstić information content (AvgIpc) is 3.05. The molecule has 0 bridgehead atoms. The molecule has 0 saturated carbocycles. The van der Waals surface area contributed by atoms with Gasteiger partial charge in [0.25, 0.3) is 0 Å². The lowest BCUT2D eigenvalue weighted by Crippen LogP contribution is -2.15. The Morgan fingerprint density at radius 2 is 2.07 bits per heavy atom. The molecule has 0 aliphatic carbocycles. The zero-order valence-corrected chi connectivity index (χ0v) is 18.3. The summed E-state index contributed by atoms with van der Waals surface area (Å²) in [7, 11) is 1.83. The van der Waals surface area contributed by atoms with Gasteiger partial charge >= 0.3 is 0 Å². The van der Waals surface area contributed by atoms with Crippen molar-refractivity contribution in [3.05, 3.63) is 58.0 Å². The molecule has 1 unspecified atom stereocenters. The molecule has 1 N–H and O–H groups in total. The smallest absolute Gasteiger partial charge is 0.236 e. The maximum atomic E-state index is 12.1. The Bertz CT molecular complexity index is 1010. The van der Waals surface area contributed by atoms with Crippen molar-refractivity contribution in [1.29, 1.82) is 0 Å². The van der Waals surface area contributed by atoms with Crippen LogP contribution < -0.4 is 10.1 Å². The Labute approximate surface area is 182 Å². The number of nitrogens with one attached hydrogen (secondary N) is 1. The van der Waals surface area contributed by atoms with E-state index in [1.54, 1.807) is 22.8 Å². The zero-order chi connectivity index (χ0) is 21.0. The first-order valence-corrected chi connectivity index (χ1v) is 10.4. The molecule has 1 atom stereocenters. The van der Waals surface area contributed by atoms with Gasteiger partial charge in [0.05, 0.1) is 15.8 Å². The zero-order valence-electron chi connectivity index (χ0n) is 16.0. The number of carbonyl (C=O) groups is 1. The van der Waals surface area contributed by atoms with E-state index in [1.165, 1.54) is 18.0 Å². The molecule has 29 heavy (non-hydrogen) atoms. The molecule has 0 aliphatic heterocycles. The van der Waals surface area contributed by atoms with Crippen LogP contribution in [0.3, 0.4) is 0 Å². The second-order valence-electron chi connectivity index (χ2n) is 6.29. The molecule has 0 fully saturated rings. The van der Waals surface area contributed by atoms with Crippen LogP contribution in [0, 0.1) is 6.92 Å². The van der Waals surface area contributed by atoms with Gasteiger partial charge < -0.3 is 14.6 Å². The van der Waals surface area contributed by atoms with E-state index in [4.69, 9.17) is 27.9 Å². The number of halogens is 2. The molecule has 1 amide bonds. The summed E-state index contributed by atoms with van der Waals surface area (Å²) in [6.45, 7) is 3.84. The van der Waals surface area contributed by atoms with Crippen molar-refractivity contribution in [1.82, 2.24) is 19.7 Å². The summed E-state index contributed by atoms with van der Waals surface area (Å²) in [5, 5.41) is 12.7. The first-order valence-electron chi connectivity index (χ1n) is 8.70. The van der Waals surface area contributed by atoms with Gasteiger partial charge in [-0.05, 0) is 43.7 Å². The third-order valence-corrected chi connectivity index (χ3v) is 5.51. The highest BCUT2D eigenvalue weighted by Gasteiger charge is 2.19. The summed E-state index contributed by atoms with van der Waals surface area (Å²) in [5.74, 6) is 1.62. The number of carbonyl (C=O) groups excluding carboxylic acids is 1. The third kappa shape index (κ3) is 5.62. The number of pyridine rings is 1. The number of aryl methyl sites for hydroxylation is 1. The molecule has 10 heteroatoms. The van der Waals surface area contributed by atoms with Gasteiger partial charge in [0.2, 0.25) is 5.91 Å². The molecular formula is C19H19Cl2N5O2S. The maximum Gasteiger partial charge on any atom is 0.236 e. The number of thioether (sulfide) groups is 1. The number of amides is 1. The van der Waals surface area contributed by atoms with E-state index < -0.39 is 0 Å². The Morgan fingerprint density at radius 3 is 2.79 bits per heavy atom. The molecule has 1 aromatic carbocycles. The number of hydrogen-bond acceptors (Lipinski definition) is 6. The van der Waals surface area contributed by atoms with Crippen molar-refractivity contribution in [2.24, 2.45) is 7.05 Å². The van der Waals surface area contributed by atoms with Crippen LogP contribution in [-0.4, -0.2) is 31.4 Å². The lowest BCUT2D eigenvalue weighted by molar-refractivity contribution is -0.113. The fourth-order valence-corrected chi connectivity index (χ4v) is 3.50. The topological polar surface area (TPSA) is 81.9 Å². The van der Waals surface area contributed by atoms with Crippen molar-refractivity contribution in [3.8, 4) is 5.75 Å². The Hall–Kier alpha value is -2.29. The van der Waals surface area contributed by atoms with E-state index in [0.29, 0.717) is 32.6 Å². The summed E-state index contributed by atoms with van der Waals surface area (Å²) in [6.07, 6.45) is 1.11. The van der Waals surface area contributed by atoms with Crippen LogP contribution in [0.25, 0.3) is 0 Å². The lowest BCUT2D eigenvalue weighted by atomic mass is 10.2. The maximum absolute atomic E-state index is 12.1. The normalized spacial score (nSPS) is 11.9. The predicted molar refractivity (Wildman–Crippen MR) is 115 cm³/mol. The van der Waals surface area contributed by atoms with E-state index in [9.17, 15) is 4.79 Å². The number of nitrogens with zero attached hydrogens (tertiary/aromatic N) is 4. The average molecular weight is 452 g/mol. The van der Waals surface area contributed by atoms with Crippen LogP contribution in [0.5, 0.6) is 5.75 Å². The predicted octanol–water partition coefficient (Wildman–Crippen LogP) is 4.70. The van der Waals surface area contributed by atoms with Gasteiger partial charge in [-0.25, -0.2) is 4.98 Å². The molecule has 0 spiro atoms. The first-order chi connectivity index (χ1) is 13.8. The largest absolute Gasteiger partial charge is 0.481 e. The molecule has 0 radical (unpaired) electrons. The van der Waals surface area contributed by atoms with Crippen molar-refractivity contribution < 1.29 is 9.53 Å². The van der Waals surface area contributed by atoms with Gasteiger partial charge in [0.15, 0.2) is 17.1 Å². The van der Waals surface area contributed by atoms with Crippen LogP contribution in [0.1, 0.15) is 24.4 Å². The molecule has 0 saturated heterocycles. The summed E-state index contributed by atoms with van der Waals surface area (Å²) >= 11 is 13.3. The van der Waals surface area contributed by atoms with E-state index in [0.717, 1.165) is 5.56 Å². The Kier molecular flexibility index (Phi) is 7.00. The van der Waals surface area contributed by atoms with Crippen molar-refractivity contribution in [3.63, 3.8) is 0 Å². The highest BCUT2D eigenvalue weighted by Crippen LogP contribution is 2.30. The first kappa shape index (κ1) is 21.4. The van der Waals surface area contributed by atoms with Crippen LogP contribution in [-0.2, 0) is 11.8 Å². The van der Waals surface area contributed by atoms with Crippen LogP contribution in [0.4, 0.5) is 5.82 Å². The van der Waals surface area contributed by atoms with E-state index in [1.807, 2.05) is 33.0 Å². The molecule has 3 rings (SSSR count). The Morgan fingerprint density at radius 1 is 1.28 bits per heavy atom. The second kappa shape index (κ2) is 9.47. The van der Waals surface area contributed by atoms with Gasteiger partial charge in [-0.15, -0.1) is 10.2 Å². The molecule has 152 valence electrons. The SMILES string of the molecule is Cc1ccc(Cl)c(OC(C)c2nnc(SCC(=O)Nc3ccc(Cl)cn3)n2C)c1. The minimum Gasteiger partial charge on any atom is -0.481 e. The number of anilines is 1. The molecular weight excluding hydrogens is 433 g/mol. The second-order valence-corrected chi connectivity index (χ2v) is 8.08. The van der Waals surface area contributed by atoms with Gasteiger partial charge in [0, 0.05) is 13.2 Å². The van der Waals surface area contributed by atoms with Gasteiger partial charge in [0.1, 0.15) is 11.6 Å². The summed E-state index contributed by atoms with van der Waals surface area (Å²) in [4.78, 5) is 16.2. The van der Waals surface area contributed by atoms with E-state index in [2.05, 4.69) is 20.5 Å². The minimum absolute atomic E-state index is 0.162. The summed E-state index contributed by atoms with van der Waals surface area (Å²) < 4.78 is 7.76. The van der Waals surface area contributed by atoms with Crippen molar-refractivity contribution in [2.45, 2.75) is 25.1 Å². The summed E-state index contributed by atoms with van der Waals surface area (Å²) in [6, 6.07) is 8.89. The fraction of sp³-hybridized carbons (Fsp3) is 0.263. The van der Waals surface area contributed by atoms with Crippen molar-refractivity contribution >= 4 is 46.7 Å². The van der Waals surface area contributed by atoms with Crippen LogP contribution >= 0.6 is 35.0 Å². The molecule has 3 aromatic rings. The Balaban J connectivity index is 1.60. The number of aromatic nitrogens is 4. The quantitative estimate of drug-likeness (QED) is 0.524. The summed E-state index contributed by atoms with van der Waals surface area (Å²) in [5.41, 5.74) is 1.05. The fourth-order valence-electron chi connectivity index (χ4n) is 2.51. The van der Waals surface area contributed by atoms with E-state index in [-0.39, 0.29) is 17.8 Å². The van der Waals surface area contributed by atoms with Crippen LogP contribution in [0.15, 0.2) is 41.7 Å². The minimum atomic E-state index is -0.367. The van der Waals surface area contributed by atoms with Gasteiger partial charge in [-0.3, -0.25) is 4.79 Å². The number of ether oxygens (including phenoxy) is 1. The third-order valence-electron chi connectivity index (χ3n) is 3.95. The van der Waals surface area contributed by atoms with Crippen molar-refractivity contribution in [2.75, 3.05) is 11.1 Å². The van der Waals surface area contributed by atoms with Gasteiger partial charge in [-0.1, -0.05) is 41.0 Å². The van der Waals surface area contributed by atoms with E-state index >= 15 is 0 Å². The molecule has 2 heterocycles. The molecule has 0 aliphatic rings. The highest BCUT2D eigenvalue weighted by molar-refractivity contribution is 7.99. The number of hydrogen-bond donors (Lipinski definition) is 1. The van der Waals surface area contributed by atoms with Crippen LogP contribution in [0.2, 0.25) is 10.0 Å². The lowest BCUT2D eigenvalue weighted by Gasteiger charge is -2.15. The number of benzene rings is 1. The standard InChI is InChI=1S/C19H19Cl2N5O2S/c1-11-4-6-14(21)15(8-11)28-12(2)18-24-25-19(26(18)3)29-10-17(27)23-16-7-5-13(20)9-22-16/h4-9,12H,10H2,1-3H3,(H,22,23,27). The molecule has 7 nitrogen and oxygen atoms in total. The number of rotatable bonds is 7. The molecule has 2 aromatic heterocycles. The highest BCUT2D eigenvalue weighted by atomic mass is 35.5. The van der Waals surface area contributed by atoms with Gasteiger partial charge in [-0.2, -0.15) is 0 Å². The monoisotopic (exact) mass is 451 g/mol.